The van der Waals surface area contributed by atoms with Gasteiger partial charge in [0.25, 0.3) is 0 Å². The van der Waals surface area contributed by atoms with Crippen LogP contribution in [-0.4, -0.2) is 14.8 Å². The Labute approximate surface area is 155 Å². The van der Waals surface area contributed by atoms with Gasteiger partial charge in [0.1, 0.15) is 11.6 Å². The summed E-state index contributed by atoms with van der Waals surface area (Å²) < 4.78 is 20.7. The van der Waals surface area contributed by atoms with Crippen molar-refractivity contribution in [2.45, 2.75) is 23.9 Å². The maximum Gasteiger partial charge on any atom is 0.191 e. The summed E-state index contributed by atoms with van der Waals surface area (Å²) in [5.41, 5.74) is 1.62. The molecule has 0 aliphatic carbocycles. The molecule has 0 N–H and O–H groups in total. The number of rotatable bonds is 6. The van der Waals surface area contributed by atoms with Crippen LogP contribution < -0.4 is 4.74 Å². The number of ether oxygens (including phenoxy) is 1. The molecule has 3 rings (SSSR count). The fraction of sp³-hybridized carbons (Fsp3) is 0.211. The number of hydrogen-bond acceptors (Lipinski definition) is 5. The molecule has 1 unspecified atom stereocenters. The minimum atomic E-state index is -0.335. The lowest BCUT2D eigenvalue weighted by atomic mass is 10.1. The molecular weight excluding hydrogens is 351 g/mol. The summed E-state index contributed by atoms with van der Waals surface area (Å²) in [6.07, 6.45) is -0.335. The van der Waals surface area contributed by atoms with Gasteiger partial charge in [-0.25, -0.2) is 4.39 Å². The number of thioether (sulfide) groups is 1. The molecule has 0 bridgehead atoms. The minimum Gasteiger partial charge on any atom is -0.483 e. The zero-order valence-electron chi connectivity index (χ0n) is 14.4. The van der Waals surface area contributed by atoms with E-state index in [1.165, 1.54) is 23.9 Å². The molecule has 2 aromatic carbocycles. The first kappa shape index (κ1) is 18.0. The van der Waals surface area contributed by atoms with E-state index in [4.69, 9.17) is 4.74 Å². The number of aromatic nitrogens is 3. The van der Waals surface area contributed by atoms with Gasteiger partial charge >= 0.3 is 0 Å². The van der Waals surface area contributed by atoms with E-state index in [9.17, 15) is 9.65 Å². The second-order valence-corrected chi connectivity index (χ2v) is 6.61. The third-order valence-electron chi connectivity index (χ3n) is 3.85. The first-order valence-corrected chi connectivity index (χ1v) is 8.99. The maximum atomic E-state index is 13.0. The van der Waals surface area contributed by atoms with Crippen LogP contribution in [0.25, 0.3) is 0 Å². The molecule has 0 radical (unpaired) electrons. The second-order valence-electron chi connectivity index (χ2n) is 5.67. The first-order valence-electron chi connectivity index (χ1n) is 8.01. The molecule has 132 valence electrons. The molecule has 3 aromatic rings. The van der Waals surface area contributed by atoms with Gasteiger partial charge in [-0.05, 0) is 42.8 Å². The largest absolute Gasteiger partial charge is 0.483 e. The normalized spacial score (nSPS) is 11.8. The van der Waals surface area contributed by atoms with Crippen LogP contribution in [0.5, 0.6) is 5.75 Å². The predicted molar refractivity (Wildman–Crippen MR) is 97.2 cm³/mol. The number of hydrogen-bond donors (Lipinski definition) is 0. The highest BCUT2D eigenvalue weighted by atomic mass is 32.2. The van der Waals surface area contributed by atoms with E-state index in [1.54, 1.807) is 18.2 Å². The van der Waals surface area contributed by atoms with Crippen molar-refractivity contribution in [1.82, 2.24) is 14.8 Å². The van der Waals surface area contributed by atoms with Gasteiger partial charge in [0.15, 0.2) is 17.1 Å². The lowest BCUT2D eigenvalue weighted by Gasteiger charge is -2.14. The van der Waals surface area contributed by atoms with Gasteiger partial charge in [-0.15, -0.1) is 10.2 Å². The van der Waals surface area contributed by atoms with Crippen molar-refractivity contribution >= 4 is 11.8 Å². The van der Waals surface area contributed by atoms with Crippen molar-refractivity contribution in [1.29, 1.82) is 5.26 Å². The molecule has 0 spiro atoms. The van der Waals surface area contributed by atoms with Gasteiger partial charge in [0.2, 0.25) is 0 Å². The highest BCUT2D eigenvalue weighted by Crippen LogP contribution is 2.26. The van der Waals surface area contributed by atoms with Crippen LogP contribution in [0, 0.1) is 17.1 Å². The highest BCUT2D eigenvalue weighted by molar-refractivity contribution is 7.98. The van der Waals surface area contributed by atoms with E-state index in [-0.39, 0.29) is 11.9 Å². The SMILES string of the molecule is CC(Oc1ccc(F)cc1)c1nnc(SCc2ccccc2C#N)n1C. The molecule has 0 saturated heterocycles. The summed E-state index contributed by atoms with van der Waals surface area (Å²) in [6, 6.07) is 15.6. The van der Waals surface area contributed by atoms with Crippen molar-refractivity contribution in [2.24, 2.45) is 7.05 Å². The van der Waals surface area contributed by atoms with E-state index in [0.717, 1.165) is 10.7 Å². The Morgan fingerprint density at radius 1 is 1.19 bits per heavy atom. The summed E-state index contributed by atoms with van der Waals surface area (Å²) in [7, 11) is 1.87. The zero-order valence-corrected chi connectivity index (χ0v) is 15.2. The molecular formula is C19H17FN4OS. The van der Waals surface area contributed by atoms with E-state index in [1.807, 2.05) is 36.7 Å². The Morgan fingerprint density at radius 3 is 2.65 bits per heavy atom. The summed E-state index contributed by atoms with van der Waals surface area (Å²) >= 11 is 1.51. The van der Waals surface area contributed by atoms with Gasteiger partial charge < -0.3 is 9.30 Å². The van der Waals surface area contributed by atoms with Gasteiger partial charge in [0, 0.05) is 12.8 Å². The molecule has 0 fully saturated rings. The van der Waals surface area contributed by atoms with Gasteiger partial charge in [0.05, 0.1) is 11.6 Å². The average Bonchev–Trinajstić information content (AvgIpc) is 3.02. The van der Waals surface area contributed by atoms with Gasteiger partial charge in [-0.1, -0.05) is 30.0 Å². The summed E-state index contributed by atoms with van der Waals surface area (Å²) in [6.45, 7) is 1.87. The first-order chi connectivity index (χ1) is 12.6. The quantitative estimate of drug-likeness (QED) is 0.608. The topological polar surface area (TPSA) is 63.7 Å². The Bertz CT molecular complexity index is 933. The average molecular weight is 368 g/mol. The van der Waals surface area contributed by atoms with Crippen LogP contribution >= 0.6 is 11.8 Å². The third-order valence-corrected chi connectivity index (χ3v) is 4.92. The van der Waals surface area contributed by atoms with Crippen LogP contribution in [0.3, 0.4) is 0 Å². The number of nitriles is 1. The van der Waals surface area contributed by atoms with Crippen molar-refractivity contribution < 1.29 is 9.13 Å². The lowest BCUT2D eigenvalue weighted by molar-refractivity contribution is 0.211. The third kappa shape index (κ3) is 4.03. The van der Waals surface area contributed by atoms with E-state index in [2.05, 4.69) is 16.3 Å². The Morgan fingerprint density at radius 2 is 1.92 bits per heavy atom. The molecule has 7 heteroatoms. The van der Waals surface area contributed by atoms with E-state index < -0.39 is 0 Å². The van der Waals surface area contributed by atoms with Crippen LogP contribution in [0.1, 0.15) is 30.0 Å². The van der Waals surface area contributed by atoms with Crippen LogP contribution in [0.4, 0.5) is 4.39 Å². The summed E-state index contributed by atoms with van der Waals surface area (Å²) in [5.74, 6) is 1.56. The van der Waals surface area contributed by atoms with Crippen molar-refractivity contribution in [2.75, 3.05) is 0 Å². The Balaban J connectivity index is 1.69. The van der Waals surface area contributed by atoms with Crippen molar-refractivity contribution in [3.8, 4) is 11.8 Å². The highest BCUT2D eigenvalue weighted by Gasteiger charge is 2.17. The summed E-state index contributed by atoms with van der Waals surface area (Å²) in [5, 5.41) is 18.3. The van der Waals surface area contributed by atoms with E-state index >= 15 is 0 Å². The maximum absolute atomic E-state index is 13.0. The molecule has 0 amide bonds. The van der Waals surface area contributed by atoms with Gasteiger partial charge in [-0.3, -0.25) is 0 Å². The van der Waals surface area contributed by atoms with Crippen LogP contribution in [-0.2, 0) is 12.8 Å². The van der Waals surface area contributed by atoms with Gasteiger partial charge in [-0.2, -0.15) is 5.26 Å². The predicted octanol–water partition coefficient (Wildman–Crippen LogP) is 4.26. The minimum absolute atomic E-state index is 0.306. The lowest BCUT2D eigenvalue weighted by Crippen LogP contribution is -2.10. The standard InChI is InChI=1S/C19H17FN4OS/c1-13(25-17-9-7-16(20)8-10-17)18-22-23-19(24(18)2)26-12-15-6-4-3-5-14(15)11-21/h3-10,13H,12H2,1-2H3. The molecule has 5 nitrogen and oxygen atoms in total. The molecule has 26 heavy (non-hydrogen) atoms. The van der Waals surface area contributed by atoms with Crippen LogP contribution in [0.15, 0.2) is 53.7 Å². The smallest absolute Gasteiger partial charge is 0.191 e. The Hall–Kier alpha value is -2.85. The second kappa shape index (κ2) is 8.02. The fourth-order valence-electron chi connectivity index (χ4n) is 2.47. The molecule has 1 heterocycles. The molecule has 0 saturated carbocycles. The van der Waals surface area contributed by atoms with Crippen LogP contribution in [0.2, 0.25) is 0 Å². The monoisotopic (exact) mass is 368 g/mol. The molecule has 1 atom stereocenters. The van der Waals surface area contributed by atoms with E-state index in [0.29, 0.717) is 22.9 Å². The molecule has 1 aromatic heterocycles. The summed E-state index contributed by atoms with van der Waals surface area (Å²) in [4.78, 5) is 0. The molecule has 0 aliphatic rings. The van der Waals surface area contributed by atoms with Crippen molar-refractivity contribution in [3.05, 3.63) is 71.3 Å². The number of halogens is 1. The Kier molecular flexibility index (Phi) is 5.54. The molecule has 0 aliphatic heterocycles. The van der Waals surface area contributed by atoms with Crippen molar-refractivity contribution in [3.63, 3.8) is 0 Å². The zero-order chi connectivity index (χ0) is 18.5. The number of benzene rings is 2. The fourth-order valence-corrected chi connectivity index (χ4v) is 3.40. The number of nitrogens with zero attached hydrogens (tertiary/aromatic N) is 4.